The third-order valence-corrected chi connectivity index (χ3v) is 6.81. The molecule has 3 heterocycles. The van der Waals surface area contributed by atoms with Gasteiger partial charge in [0.1, 0.15) is 0 Å². The number of thiophene rings is 1. The predicted octanol–water partition coefficient (Wildman–Crippen LogP) is 3.46. The zero-order valence-electron chi connectivity index (χ0n) is 17.0. The molecule has 0 saturated carbocycles. The number of amides is 2. The molecule has 1 aromatic carbocycles. The summed E-state index contributed by atoms with van der Waals surface area (Å²) >= 11 is 1.71. The average Bonchev–Trinajstić information content (AvgIpc) is 3.29. The van der Waals surface area contributed by atoms with Crippen LogP contribution in [0, 0.1) is 0 Å². The van der Waals surface area contributed by atoms with Crippen LogP contribution in [0.4, 0.5) is 0 Å². The van der Waals surface area contributed by atoms with Crippen molar-refractivity contribution in [2.24, 2.45) is 0 Å². The van der Waals surface area contributed by atoms with Crippen LogP contribution in [0.25, 0.3) is 11.1 Å². The first-order valence-electron chi connectivity index (χ1n) is 10.5. The summed E-state index contributed by atoms with van der Waals surface area (Å²) in [5, 5.41) is 4.27. The van der Waals surface area contributed by atoms with E-state index < -0.39 is 0 Å². The minimum absolute atomic E-state index is 0.0378. The Balaban J connectivity index is 1.40. The number of nitrogens with zero attached hydrogens (tertiary/aromatic N) is 3. The molecular formula is C23H29N3O2S. The molecular weight excluding hydrogens is 382 g/mol. The average molecular weight is 412 g/mol. The Morgan fingerprint density at radius 2 is 1.66 bits per heavy atom. The Morgan fingerprint density at radius 3 is 2.31 bits per heavy atom. The topological polar surface area (TPSA) is 43.9 Å². The van der Waals surface area contributed by atoms with Crippen LogP contribution < -0.4 is 0 Å². The predicted molar refractivity (Wildman–Crippen MR) is 117 cm³/mol. The van der Waals surface area contributed by atoms with Gasteiger partial charge in [0, 0.05) is 39.6 Å². The van der Waals surface area contributed by atoms with Crippen molar-refractivity contribution in [1.82, 2.24) is 14.7 Å². The minimum Gasteiger partial charge on any atom is -0.339 e. The summed E-state index contributed by atoms with van der Waals surface area (Å²) in [4.78, 5) is 30.9. The van der Waals surface area contributed by atoms with Gasteiger partial charge in [-0.3, -0.25) is 14.5 Å². The van der Waals surface area contributed by atoms with E-state index in [0.29, 0.717) is 26.2 Å². The molecule has 2 amide bonds. The molecule has 1 atom stereocenters. The molecule has 6 heteroatoms. The molecule has 29 heavy (non-hydrogen) atoms. The number of hydrogen-bond donors (Lipinski definition) is 0. The van der Waals surface area contributed by atoms with E-state index >= 15 is 0 Å². The highest BCUT2D eigenvalue weighted by Gasteiger charge is 2.33. The van der Waals surface area contributed by atoms with Crippen LogP contribution in [-0.4, -0.2) is 65.3 Å². The maximum Gasteiger partial charge on any atom is 0.240 e. The molecule has 2 aliphatic heterocycles. The lowest BCUT2D eigenvalue weighted by molar-refractivity contribution is -0.143. The first kappa shape index (κ1) is 20.1. The van der Waals surface area contributed by atoms with E-state index in [-0.39, 0.29) is 17.9 Å². The Morgan fingerprint density at radius 1 is 0.931 bits per heavy atom. The van der Waals surface area contributed by atoms with Gasteiger partial charge in [-0.1, -0.05) is 30.7 Å². The zero-order chi connectivity index (χ0) is 20.2. The number of carbonyl (C=O) groups excluding carboxylic acids is 2. The van der Waals surface area contributed by atoms with Gasteiger partial charge in [0.15, 0.2) is 0 Å². The fraction of sp³-hybridized carbons (Fsp3) is 0.478. The summed E-state index contributed by atoms with van der Waals surface area (Å²) in [7, 11) is 0. The van der Waals surface area contributed by atoms with Crippen LogP contribution in [0.5, 0.6) is 0 Å². The highest BCUT2D eigenvalue weighted by atomic mass is 32.1. The molecule has 1 aromatic heterocycles. The lowest BCUT2D eigenvalue weighted by Gasteiger charge is -2.40. The van der Waals surface area contributed by atoms with Crippen LogP contribution in [-0.2, 0) is 16.1 Å². The van der Waals surface area contributed by atoms with Crippen molar-refractivity contribution in [3.63, 3.8) is 0 Å². The third-order valence-electron chi connectivity index (χ3n) is 6.13. The van der Waals surface area contributed by atoms with E-state index in [9.17, 15) is 9.59 Å². The SMILES string of the molecule is CC(=O)N1CCN(C(=O)C2CCCCN2Cc2ccc(-c3ccsc3)cc2)CC1. The quantitative estimate of drug-likeness (QED) is 0.774. The Labute approximate surface area is 176 Å². The first-order chi connectivity index (χ1) is 14.1. The minimum atomic E-state index is -0.0378. The largest absolute Gasteiger partial charge is 0.339 e. The molecule has 2 aromatic rings. The standard InChI is InChI=1S/C23H29N3O2S/c1-18(27)24-11-13-25(14-12-24)23(28)22-4-2-3-10-26(22)16-19-5-7-20(8-6-19)21-9-15-29-17-21/h5-9,15,17,22H,2-4,10-14,16H2,1H3. The molecule has 2 aliphatic rings. The van der Waals surface area contributed by atoms with E-state index in [4.69, 9.17) is 0 Å². The first-order valence-corrected chi connectivity index (χ1v) is 11.5. The third kappa shape index (κ3) is 4.70. The molecule has 1 unspecified atom stereocenters. The number of piperidine rings is 1. The Kier molecular flexibility index (Phi) is 6.31. The van der Waals surface area contributed by atoms with Gasteiger partial charge in [-0.05, 0) is 52.9 Å². The number of likely N-dealkylation sites (tertiary alicyclic amines) is 1. The highest BCUT2D eigenvalue weighted by Crippen LogP contribution is 2.25. The van der Waals surface area contributed by atoms with E-state index in [1.54, 1.807) is 18.3 Å². The van der Waals surface area contributed by atoms with Crippen LogP contribution in [0.15, 0.2) is 41.1 Å². The molecule has 2 saturated heterocycles. The van der Waals surface area contributed by atoms with Crippen molar-refractivity contribution in [3.8, 4) is 11.1 Å². The summed E-state index contributed by atoms with van der Waals surface area (Å²) in [5.74, 6) is 0.338. The van der Waals surface area contributed by atoms with Gasteiger partial charge >= 0.3 is 0 Å². The summed E-state index contributed by atoms with van der Waals surface area (Å²) in [6, 6.07) is 10.8. The number of hydrogen-bond acceptors (Lipinski definition) is 4. The molecule has 154 valence electrons. The van der Waals surface area contributed by atoms with Gasteiger partial charge < -0.3 is 9.80 Å². The second-order valence-corrected chi connectivity index (χ2v) is 8.80. The molecule has 0 aliphatic carbocycles. The Hall–Kier alpha value is -2.18. The van der Waals surface area contributed by atoms with E-state index in [0.717, 1.165) is 32.4 Å². The maximum atomic E-state index is 13.2. The maximum absolute atomic E-state index is 13.2. The van der Waals surface area contributed by atoms with Gasteiger partial charge in [-0.25, -0.2) is 0 Å². The van der Waals surface area contributed by atoms with E-state index in [1.807, 2.05) is 9.80 Å². The second kappa shape index (κ2) is 9.09. The van der Waals surface area contributed by atoms with Crippen LogP contribution in [0.1, 0.15) is 31.7 Å². The molecule has 0 radical (unpaired) electrons. The normalized spacial score (nSPS) is 20.7. The van der Waals surface area contributed by atoms with Crippen molar-refractivity contribution < 1.29 is 9.59 Å². The van der Waals surface area contributed by atoms with Gasteiger partial charge in [0.2, 0.25) is 11.8 Å². The van der Waals surface area contributed by atoms with E-state index in [1.165, 1.54) is 16.7 Å². The van der Waals surface area contributed by atoms with Gasteiger partial charge in [0.25, 0.3) is 0 Å². The second-order valence-electron chi connectivity index (χ2n) is 8.02. The fourth-order valence-corrected chi connectivity index (χ4v) is 5.04. The van der Waals surface area contributed by atoms with Crippen molar-refractivity contribution in [1.29, 1.82) is 0 Å². The fourth-order valence-electron chi connectivity index (χ4n) is 4.38. The van der Waals surface area contributed by atoms with Crippen molar-refractivity contribution in [3.05, 3.63) is 46.7 Å². The van der Waals surface area contributed by atoms with Crippen LogP contribution in [0.3, 0.4) is 0 Å². The molecule has 0 spiro atoms. The van der Waals surface area contributed by atoms with Gasteiger partial charge in [0.05, 0.1) is 6.04 Å². The number of carbonyl (C=O) groups is 2. The summed E-state index contributed by atoms with van der Waals surface area (Å²) in [6.45, 7) is 5.99. The lowest BCUT2D eigenvalue weighted by Crippen LogP contribution is -2.56. The van der Waals surface area contributed by atoms with Crippen LogP contribution in [0.2, 0.25) is 0 Å². The van der Waals surface area contributed by atoms with Gasteiger partial charge in [-0.15, -0.1) is 0 Å². The molecule has 5 nitrogen and oxygen atoms in total. The van der Waals surface area contributed by atoms with Crippen LogP contribution >= 0.6 is 11.3 Å². The molecule has 0 bridgehead atoms. The molecule has 0 N–H and O–H groups in total. The lowest BCUT2D eigenvalue weighted by atomic mass is 9.99. The Bertz CT molecular complexity index is 826. The zero-order valence-corrected chi connectivity index (χ0v) is 17.9. The van der Waals surface area contributed by atoms with Crippen molar-refractivity contribution in [2.75, 3.05) is 32.7 Å². The summed E-state index contributed by atoms with van der Waals surface area (Å²) in [5.41, 5.74) is 3.76. The monoisotopic (exact) mass is 411 g/mol. The summed E-state index contributed by atoms with van der Waals surface area (Å²) < 4.78 is 0. The summed E-state index contributed by atoms with van der Waals surface area (Å²) in [6.07, 6.45) is 3.19. The number of piperazine rings is 1. The number of rotatable bonds is 4. The highest BCUT2D eigenvalue weighted by molar-refractivity contribution is 7.08. The van der Waals surface area contributed by atoms with E-state index in [2.05, 4.69) is 46.0 Å². The van der Waals surface area contributed by atoms with Crippen molar-refractivity contribution in [2.45, 2.75) is 38.8 Å². The molecule has 2 fully saturated rings. The number of benzene rings is 1. The van der Waals surface area contributed by atoms with Gasteiger partial charge in [-0.2, -0.15) is 11.3 Å². The smallest absolute Gasteiger partial charge is 0.240 e. The molecule has 4 rings (SSSR count). The van der Waals surface area contributed by atoms with Crippen molar-refractivity contribution >= 4 is 23.2 Å².